The van der Waals surface area contributed by atoms with E-state index in [0.29, 0.717) is 19.1 Å². The van der Waals surface area contributed by atoms with Crippen molar-refractivity contribution in [1.82, 2.24) is 4.98 Å². The summed E-state index contributed by atoms with van der Waals surface area (Å²) in [5.41, 5.74) is 1.91. The van der Waals surface area contributed by atoms with E-state index < -0.39 is 5.97 Å². The number of thioether (sulfide) groups is 1. The number of aliphatic carboxylic acids is 1. The van der Waals surface area contributed by atoms with Gasteiger partial charge in [-0.05, 0) is 37.7 Å². The van der Waals surface area contributed by atoms with E-state index in [0.717, 1.165) is 42.0 Å². The van der Waals surface area contributed by atoms with Gasteiger partial charge in [-0.2, -0.15) is 11.8 Å². The first-order chi connectivity index (χ1) is 11.7. The number of hydrogen-bond donors (Lipinski definition) is 1. The molecule has 0 fully saturated rings. The van der Waals surface area contributed by atoms with E-state index in [9.17, 15) is 4.79 Å². The van der Waals surface area contributed by atoms with Gasteiger partial charge in [0.2, 0.25) is 5.89 Å². The summed E-state index contributed by atoms with van der Waals surface area (Å²) in [5, 5.41) is 8.53. The van der Waals surface area contributed by atoms with Crippen LogP contribution >= 0.6 is 11.8 Å². The molecule has 2 aromatic rings. The molecule has 2 rings (SSSR count). The fraction of sp³-hybridized carbons (Fsp3) is 0.444. The summed E-state index contributed by atoms with van der Waals surface area (Å²) >= 11 is 1.45. The molecule has 0 atom stereocenters. The molecule has 1 N–H and O–H groups in total. The number of rotatable bonds is 11. The van der Waals surface area contributed by atoms with Crippen molar-refractivity contribution in [2.45, 2.75) is 26.2 Å². The van der Waals surface area contributed by atoms with Gasteiger partial charge in [-0.1, -0.05) is 18.2 Å². The third kappa shape index (κ3) is 8.42. The van der Waals surface area contributed by atoms with Crippen LogP contribution < -0.4 is 0 Å². The monoisotopic (exact) mass is 373 g/mol. The molecule has 1 heterocycles. The Labute approximate surface area is 174 Å². The van der Waals surface area contributed by atoms with Crippen LogP contribution in [0, 0.1) is 6.92 Å². The maximum atomic E-state index is 10.4. The summed E-state index contributed by atoms with van der Waals surface area (Å²) in [4.78, 5) is 14.9. The van der Waals surface area contributed by atoms with Gasteiger partial charge in [0.05, 0.1) is 18.1 Å². The third-order valence-corrected chi connectivity index (χ3v) is 4.48. The van der Waals surface area contributed by atoms with Gasteiger partial charge in [-0.3, -0.25) is 4.79 Å². The molecular weight excluding hydrogens is 349 g/mol. The molecule has 1 aromatic heterocycles. The molecule has 0 unspecified atom stereocenters. The SMILES string of the molecule is Cc1oc(-c2ccccc2)nc1CCOCCCCSCC(=O)O.[NaH]. The van der Waals surface area contributed by atoms with Gasteiger partial charge in [-0.25, -0.2) is 4.98 Å². The molecule has 7 heteroatoms. The van der Waals surface area contributed by atoms with Gasteiger partial charge >= 0.3 is 35.5 Å². The summed E-state index contributed by atoms with van der Waals surface area (Å²) in [6.45, 7) is 3.23. The van der Waals surface area contributed by atoms with Crippen molar-refractivity contribution in [1.29, 1.82) is 0 Å². The Morgan fingerprint density at radius 3 is 2.72 bits per heavy atom. The number of nitrogens with zero attached hydrogens (tertiary/aromatic N) is 1. The Balaban J connectivity index is 0.00000312. The average Bonchev–Trinajstić information content (AvgIpc) is 2.95. The van der Waals surface area contributed by atoms with Crippen molar-refractivity contribution in [3.8, 4) is 11.5 Å². The van der Waals surface area contributed by atoms with Crippen LogP contribution in [0.2, 0.25) is 0 Å². The molecule has 0 bridgehead atoms. The fourth-order valence-corrected chi connectivity index (χ4v) is 2.93. The predicted octanol–water partition coefficient (Wildman–Crippen LogP) is 3.16. The molecule has 0 amide bonds. The molecule has 0 spiro atoms. The number of carboxylic acids is 1. The van der Waals surface area contributed by atoms with Crippen molar-refractivity contribution in [3.05, 3.63) is 41.8 Å². The van der Waals surface area contributed by atoms with Crippen LogP contribution in [-0.4, -0.2) is 70.3 Å². The first-order valence-corrected chi connectivity index (χ1v) is 9.21. The standard InChI is InChI=1S/C18H23NO4S.Na.H/c1-14-16(19-18(23-14)15-7-3-2-4-8-15)9-11-22-10-5-6-12-24-13-17(20)21;;/h2-4,7-8H,5-6,9-13H2,1H3,(H,20,21);;. The maximum absolute atomic E-state index is 10.4. The van der Waals surface area contributed by atoms with E-state index >= 15 is 0 Å². The Morgan fingerprint density at radius 2 is 2.00 bits per heavy atom. The Morgan fingerprint density at radius 1 is 1.24 bits per heavy atom. The van der Waals surface area contributed by atoms with E-state index in [1.54, 1.807) is 0 Å². The van der Waals surface area contributed by atoms with Crippen LogP contribution in [0.4, 0.5) is 0 Å². The van der Waals surface area contributed by atoms with E-state index in [4.69, 9.17) is 14.3 Å². The molecule has 0 aliphatic carbocycles. The van der Waals surface area contributed by atoms with Crippen molar-refractivity contribution >= 4 is 47.3 Å². The normalized spacial score (nSPS) is 10.4. The van der Waals surface area contributed by atoms with Crippen molar-refractivity contribution in [2.75, 3.05) is 24.7 Å². The average molecular weight is 373 g/mol. The molecule has 5 nitrogen and oxygen atoms in total. The quantitative estimate of drug-likeness (QED) is 0.482. The number of oxazole rings is 1. The minimum absolute atomic E-state index is 0. The second kappa shape index (κ2) is 12.5. The molecule has 25 heavy (non-hydrogen) atoms. The summed E-state index contributed by atoms with van der Waals surface area (Å²) in [6, 6.07) is 9.86. The Bertz CT molecular complexity index is 633. The number of benzene rings is 1. The number of carbonyl (C=O) groups is 1. The number of hydrogen-bond acceptors (Lipinski definition) is 5. The molecule has 0 radical (unpaired) electrons. The number of aromatic nitrogens is 1. The van der Waals surface area contributed by atoms with Gasteiger partial charge in [0, 0.05) is 18.6 Å². The predicted molar refractivity (Wildman–Crippen MR) is 103 cm³/mol. The van der Waals surface area contributed by atoms with Crippen LogP contribution in [0.25, 0.3) is 11.5 Å². The summed E-state index contributed by atoms with van der Waals surface area (Å²) in [6.07, 6.45) is 2.65. The molecular formula is C18H24NNaO4S. The van der Waals surface area contributed by atoms with Gasteiger partial charge in [0.25, 0.3) is 0 Å². The van der Waals surface area contributed by atoms with Gasteiger partial charge in [0.15, 0.2) is 0 Å². The van der Waals surface area contributed by atoms with Crippen LogP contribution in [0.3, 0.4) is 0 Å². The van der Waals surface area contributed by atoms with E-state index in [1.807, 2.05) is 37.3 Å². The molecule has 0 aliphatic rings. The molecule has 0 saturated heterocycles. The Kier molecular flexibility index (Phi) is 11.2. The van der Waals surface area contributed by atoms with Gasteiger partial charge < -0.3 is 14.3 Å². The summed E-state index contributed by atoms with van der Waals surface area (Å²) < 4.78 is 11.4. The van der Waals surface area contributed by atoms with E-state index in [2.05, 4.69) is 4.98 Å². The number of ether oxygens (including phenoxy) is 1. The van der Waals surface area contributed by atoms with Crippen LogP contribution in [0.5, 0.6) is 0 Å². The van der Waals surface area contributed by atoms with Crippen LogP contribution in [0.15, 0.2) is 34.7 Å². The van der Waals surface area contributed by atoms with Crippen LogP contribution in [-0.2, 0) is 16.0 Å². The molecule has 0 saturated carbocycles. The topological polar surface area (TPSA) is 72.6 Å². The molecule has 132 valence electrons. The van der Waals surface area contributed by atoms with Crippen molar-refractivity contribution in [3.63, 3.8) is 0 Å². The van der Waals surface area contributed by atoms with E-state index in [1.165, 1.54) is 11.8 Å². The third-order valence-electron chi connectivity index (χ3n) is 3.45. The van der Waals surface area contributed by atoms with Gasteiger partial charge in [0.1, 0.15) is 5.76 Å². The first-order valence-electron chi connectivity index (χ1n) is 8.06. The van der Waals surface area contributed by atoms with Crippen LogP contribution in [0.1, 0.15) is 24.3 Å². The zero-order valence-corrected chi connectivity index (χ0v) is 14.7. The second-order valence-corrected chi connectivity index (χ2v) is 6.51. The molecule has 1 aromatic carbocycles. The first kappa shape index (κ1) is 22.3. The van der Waals surface area contributed by atoms with Crippen molar-refractivity contribution in [2.24, 2.45) is 0 Å². The van der Waals surface area contributed by atoms with Gasteiger partial charge in [-0.15, -0.1) is 0 Å². The summed E-state index contributed by atoms with van der Waals surface area (Å²) in [5.74, 6) is 1.77. The minimum atomic E-state index is -0.755. The zero-order valence-electron chi connectivity index (χ0n) is 13.9. The number of aryl methyl sites for hydroxylation is 1. The Hall–Kier alpha value is -0.790. The second-order valence-electron chi connectivity index (χ2n) is 5.40. The fourth-order valence-electron chi connectivity index (χ4n) is 2.20. The summed E-state index contributed by atoms with van der Waals surface area (Å²) in [7, 11) is 0. The zero-order chi connectivity index (χ0) is 17.2. The van der Waals surface area contributed by atoms with Crippen molar-refractivity contribution < 1.29 is 19.1 Å². The molecule has 0 aliphatic heterocycles. The van der Waals surface area contributed by atoms with E-state index in [-0.39, 0.29) is 35.3 Å². The number of unbranched alkanes of at least 4 members (excludes halogenated alkanes) is 1. The number of carboxylic acid groups (broad SMARTS) is 1.